The molecule has 0 unspecified atom stereocenters. The van der Waals surface area contributed by atoms with Crippen molar-refractivity contribution in [2.75, 3.05) is 13.7 Å². The maximum absolute atomic E-state index is 11.0. The molecule has 4 heteroatoms. The number of amides is 1. The summed E-state index contributed by atoms with van der Waals surface area (Å²) in [5.74, 6) is -0.0938. The third-order valence-corrected chi connectivity index (χ3v) is 1.79. The highest BCUT2D eigenvalue weighted by Crippen LogP contribution is 1.97. The van der Waals surface area contributed by atoms with Crippen LogP contribution in [0.1, 0.15) is 5.69 Å². The van der Waals surface area contributed by atoms with Gasteiger partial charge < -0.3 is 14.6 Å². The van der Waals surface area contributed by atoms with E-state index in [9.17, 15) is 4.79 Å². The number of hydrogen-bond acceptors (Lipinski definition) is 2. The Morgan fingerprint density at radius 1 is 1.69 bits per heavy atom. The van der Waals surface area contributed by atoms with Gasteiger partial charge in [0.2, 0.25) is 5.91 Å². The van der Waals surface area contributed by atoms with Crippen molar-refractivity contribution in [2.24, 2.45) is 7.05 Å². The van der Waals surface area contributed by atoms with Crippen LogP contribution in [0.15, 0.2) is 18.3 Å². The van der Waals surface area contributed by atoms with Gasteiger partial charge in [0.25, 0.3) is 0 Å². The summed E-state index contributed by atoms with van der Waals surface area (Å²) < 4.78 is 6.65. The van der Waals surface area contributed by atoms with E-state index in [2.05, 4.69) is 10.1 Å². The number of ether oxygens (including phenoxy) is 1. The number of hydrogen-bond donors (Lipinski definition) is 1. The van der Waals surface area contributed by atoms with E-state index in [-0.39, 0.29) is 12.5 Å². The van der Waals surface area contributed by atoms with E-state index >= 15 is 0 Å². The van der Waals surface area contributed by atoms with Crippen molar-refractivity contribution in [1.29, 1.82) is 0 Å². The Kier molecular flexibility index (Phi) is 3.52. The van der Waals surface area contributed by atoms with Crippen molar-refractivity contribution in [2.45, 2.75) is 6.54 Å². The summed E-state index contributed by atoms with van der Waals surface area (Å²) in [7, 11) is 3.44. The molecule has 0 atom stereocenters. The molecule has 0 saturated heterocycles. The summed E-state index contributed by atoms with van der Waals surface area (Å²) in [6, 6.07) is 3.91. The molecular formula is C9H14N2O2. The number of carbonyl (C=O) groups excluding carboxylic acids is 1. The summed E-state index contributed by atoms with van der Waals surface area (Å²) in [4.78, 5) is 11.0. The summed E-state index contributed by atoms with van der Waals surface area (Å²) in [6.07, 6.45) is 1.94. The Balaban J connectivity index is 2.35. The van der Waals surface area contributed by atoms with E-state index in [1.165, 1.54) is 7.11 Å². The van der Waals surface area contributed by atoms with Crippen molar-refractivity contribution >= 4 is 5.91 Å². The summed E-state index contributed by atoms with van der Waals surface area (Å²) in [5.41, 5.74) is 1.07. The molecule has 0 spiro atoms. The lowest BCUT2D eigenvalue weighted by atomic mass is 10.4. The minimum Gasteiger partial charge on any atom is -0.375 e. The SMILES string of the molecule is COCC(=O)NCc1cccn1C. The van der Waals surface area contributed by atoms with E-state index in [1.54, 1.807) is 0 Å². The van der Waals surface area contributed by atoms with Gasteiger partial charge in [-0.25, -0.2) is 0 Å². The Hall–Kier alpha value is -1.29. The van der Waals surface area contributed by atoms with Crippen LogP contribution in [0.2, 0.25) is 0 Å². The van der Waals surface area contributed by atoms with Crippen molar-refractivity contribution in [1.82, 2.24) is 9.88 Å². The number of aromatic nitrogens is 1. The fourth-order valence-electron chi connectivity index (χ4n) is 1.05. The number of methoxy groups -OCH3 is 1. The first-order valence-electron chi connectivity index (χ1n) is 4.10. The molecule has 0 saturated carbocycles. The molecule has 1 amide bonds. The first-order valence-corrected chi connectivity index (χ1v) is 4.10. The Bertz CT molecular complexity index is 281. The van der Waals surface area contributed by atoms with Gasteiger partial charge in [-0.15, -0.1) is 0 Å². The van der Waals surface area contributed by atoms with Crippen LogP contribution in [-0.4, -0.2) is 24.2 Å². The molecule has 0 fully saturated rings. The number of nitrogens with zero attached hydrogens (tertiary/aromatic N) is 1. The second kappa shape index (κ2) is 4.67. The molecule has 72 valence electrons. The zero-order valence-electron chi connectivity index (χ0n) is 7.91. The molecule has 0 radical (unpaired) electrons. The molecule has 0 aromatic carbocycles. The lowest BCUT2D eigenvalue weighted by Crippen LogP contribution is -2.27. The van der Waals surface area contributed by atoms with Crippen molar-refractivity contribution in [3.63, 3.8) is 0 Å². The predicted molar refractivity (Wildman–Crippen MR) is 49.1 cm³/mol. The molecule has 1 aromatic heterocycles. The zero-order chi connectivity index (χ0) is 9.68. The van der Waals surface area contributed by atoms with Crippen LogP contribution in [0, 0.1) is 0 Å². The minimum absolute atomic E-state index is 0.0938. The lowest BCUT2D eigenvalue weighted by molar-refractivity contribution is -0.124. The molecule has 1 heterocycles. The van der Waals surface area contributed by atoms with Gasteiger partial charge in [0, 0.05) is 26.0 Å². The molecule has 1 aromatic rings. The molecule has 4 nitrogen and oxygen atoms in total. The highest BCUT2D eigenvalue weighted by molar-refractivity contribution is 5.77. The molecule has 1 N–H and O–H groups in total. The topological polar surface area (TPSA) is 43.3 Å². The van der Waals surface area contributed by atoms with Gasteiger partial charge >= 0.3 is 0 Å². The minimum atomic E-state index is -0.0938. The van der Waals surface area contributed by atoms with Gasteiger partial charge in [-0.05, 0) is 12.1 Å². The van der Waals surface area contributed by atoms with E-state index in [0.717, 1.165) is 5.69 Å². The van der Waals surface area contributed by atoms with Crippen LogP contribution < -0.4 is 5.32 Å². The van der Waals surface area contributed by atoms with E-state index < -0.39 is 0 Å². The van der Waals surface area contributed by atoms with E-state index in [0.29, 0.717) is 6.54 Å². The van der Waals surface area contributed by atoms with Gasteiger partial charge in [-0.1, -0.05) is 0 Å². The molecule has 0 aliphatic rings. The van der Waals surface area contributed by atoms with Crippen LogP contribution in [0.25, 0.3) is 0 Å². The fraction of sp³-hybridized carbons (Fsp3) is 0.444. The summed E-state index contributed by atoms with van der Waals surface area (Å²) >= 11 is 0. The molecule has 13 heavy (non-hydrogen) atoms. The number of rotatable bonds is 4. The summed E-state index contributed by atoms with van der Waals surface area (Å²) in [5, 5.41) is 2.74. The van der Waals surface area contributed by atoms with Crippen LogP contribution in [0.5, 0.6) is 0 Å². The second-order valence-corrected chi connectivity index (χ2v) is 2.82. The first kappa shape index (κ1) is 9.80. The standard InChI is InChI=1S/C9H14N2O2/c1-11-5-3-4-8(11)6-10-9(12)7-13-2/h3-5H,6-7H2,1-2H3,(H,10,12). The Labute approximate surface area is 77.5 Å². The normalized spacial score (nSPS) is 10.0. The van der Waals surface area contributed by atoms with Gasteiger partial charge in [0.15, 0.2) is 0 Å². The molecular weight excluding hydrogens is 168 g/mol. The molecule has 0 aliphatic carbocycles. The fourth-order valence-corrected chi connectivity index (χ4v) is 1.05. The number of nitrogens with one attached hydrogen (secondary N) is 1. The van der Waals surface area contributed by atoms with Crippen molar-refractivity contribution in [3.05, 3.63) is 24.0 Å². The van der Waals surface area contributed by atoms with E-state index in [4.69, 9.17) is 0 Å². The molecule has 0 bridgehead atoms. The first-order chi connectivity index (χ1) is 6.24. The largest absolute Gasteiger partial charge is 0.375 e. The quantitative estimate of drug-likeness (QED) is 0.727. The van der Waals surface area contributed by atoms with Gasteiger partial charge in [-0.3, -0.25) is 4.79 Å². The molecule has 0 aliphatic heterocycles. The maximum atomic E-state index is 11.0. The monoisotopic (exact) mass is 182 g/mol. The number of aryl methyl sites for hydroxylation is 1. The van der Waals surface area contributed by atoms with E-state index in [1.807, 2.05) is 29.9 Å². The summed E-state index contributed by atoms with van der Waals surface area (Å²) in [6.45, 7) is 0.663. The van der Waals surface area contributed by atoms with Crippen LogP contribution in [-0.2, 0) is 23.1 Å². The van der Waals surface area contributed by atoms with Gasteiger partial charge in [-0.2, -0.15) is 0 Å². The highest BCUT2D eigenvalue weighted by Gasteiger charge is 2.01. The number of carbonyl (C=O) groups is 1. The average molecular weight is 182 g/mol. The van der Waals surface area contributed by atoms with Crippen LogP contribution in [0.4, 0.5) is 0 Å². The highest BCUT2D eigenvalue weighted by atomic mass is 16.5. The van der Waals surface area contributed by atoms with Crippen LogP contribution >= 0.6 is 0 Å². The third-order valence-electron chi connectivity index (χ3n) is 1.79. The second-order valence-electron chi connectivity index (χ2n) is 2.82. The average Bonchev–Trinajstić information content (AvgIpc) is 2.48. The Morgan fingerprint density at radius 2 is 2.46 bits per heavy atom. The lowest BCUT2D eigenvalue weighted by Gasteiger charge is -2.05. The maximum Gasteiger partial charge on any atom is 0.246 e. The third kappa shape index (κ3) is 2.91. The smallest absolute Gasteiger partial charge is 0.246 e. The Morgan fingerprint density at radius 3 is 3.00 bits per heavy atom. The van der Waals surface area contributed by atoms with Crippen LogP contribution in [0.3, 0.4) is 0 Å². The zero-order valence-corrected chi connectivity index (χ0v) is 7.91. The van der Waals surface area contributed by atoms with Crippen molar-refractivity contribution in [3.8, 4) is 0 Å². The van der Waals surface area contributed by atoms with Gasteiger partial charge in [0.05, 0.1) is 6.54 Å². The molecule has 1 rings (SSSR count). The predicted octanol–water partition coefficient (Wildman–Crippen LogP) is 0.288. The van der Waals surface area contributed by atoms with Gasteiger partial charge in [0.1, 0.15) is 6.61 Å². The van der Waals surface area contributed by atoms with Crippen molar-refractivity contribution < 1.29 is 9.53 Å².